The quantitative estimate of drug-likeness (QED) is 0.680. The second-order valence-electron chi connectivity index (χ2n) is 6.58. The summed E-state index contributed by atoms with van der Waals surface area (Å²) in [6.45, 7) is 7.43. The van der Waals surface area contributed by atoms with E-state index in [1.807, 2.05) is 30.5 Å². The fourth-order valence-electron chi connectivity index (χ4n) is 3.21. The Morgan fingerprint density at radius 1 is 1.26 bits per heavy atom. The van der Waals surface area contributed by atoms with Crippen LogP contribution in [-0.4, -0.2) is 55.1 Å². The maximum absolute atomic E-state index is 12.0. The molecule has 3 aromatic rings. The van der Waals surface area contributed by atoms with Crippen LogP contribution in [0.25, 0.3) is 10.2 Å². The number of carbonyl (C=O) groups is 1. The lowest BCUT2D eigenvalue weighted by Gasteiger charge is -2.34. The Morgan fingerprint density at radius 3 is 2.81 bits per heavy atom. The van der Waals surface area contributed by atoms with Crippen LogP contribution < -0.4 is 10.2 Å². The first-order valence-electron chi connectivity index (χ1n) is 8.96. The lowest BCUT2D eigenvalue weighted by Crippen LogP contribution is -2.48. The number of aromatic nitrogens is 1. The van der Waals surface area contributed by atoms with Crippen molar-refractivity contribution in [2.24, 2.45) is 0 Å². The van der Waals surface area contributed by atoms with E-state index in [2.05, 4.69) is 21.2 Å². The zero-order valence-corrected chi connectivity index (χ0v) is 17.5. The molecule has 0 saturated carbocycles. The number of benzene rings is 1. The highest BCUT2D eigenvalue weighted by Gasteiger charge is 2.20. The number of fused-ring (bicyclic) bond motifs is 1. The molecule has 0 spiro atoms. The van der Waals surface area contributed by atoms with Crippen molar-refractivity contribution in [3.8, 4) is 0 Å². The molecule has 1 fully saturated rings. The number of thiazole rings is 1. The van der Waals surface area contributed by atoms with Crippen LogP contribution >= 0.6 is 34.3 Å². The van der Waals surface area contributed by atoms with Crippen LogP contribution in [0.2, 0.25) is 5.02 Å². The third kappa shape index (κ3) is 4.11. The van der Waals surface area contributed by atoms with E-state index in [0.29, 0.717) is 6.54 Å². The van der Waals surface area contributed by atoms with Gasteiger partial charge in [-0.2, -0.15) is 0 Å². The van der Waals surface area contributed by atoms with Gasteiger partial charge in [0, 0.05) is 44.3 Å². The Hall–Kier alpha value is -1.67. The van der Waals surface area contributed by atoms with E-state index in [1.165, 1.54) is 16.0 Å². The molecule has 1 amide bonds. The summed E-state index contributed by atoms with van der Waals surface area (Å²) in [5.41, 5.74) is 2.07. The van der Waals surface area contributed by atoms with Gasteiger partial charge in [0.15, 0.2) is 5.13 Å². The molecule has 5 nitrogen and oxygen atoms in total. The molecule has 0 bridgehead atoms. The Morgan fingerprint density at radius 2 is 2.07 bits per heavy atom. The van der Waals surface area contributed by atoms with Crippen LogP contribution in [0.4, 0.5) is 5.13 Å². The van der Waals surface area contributed by atoms with Crippen molar-refractivity contribution < 1.29 is 4.79 Å². The van der Waals surface area contributed by atoms with Crippen molar-refractivity contribution in [1.82, 2.24) is 15.2 Å². The maximum atomic E-state index is 12.0. The highest BCUT2D eigenvalue weighted by molar-refractivity contribution is 7.22. The molecule has 0 aliphatic carbocycles. The smallest absolute Gasteiger partial charge is 0.261 e. The molecule has 1 aliphatic rings. The van der Waals surface area contributed by atoms with Crippen molar-refractivity contribution in [2.45, 2.75) is 6.92 Å². The number of nitrogens with one attached hydrogen (secondary N) is 1. The molecule has 27 heavy (non-hydrogen) atoms. The minimum atomic E-state index is 0.0205. The van der Waals surface area contributed by atoms with E-state index in [9.17, 15) is 4.79 Å². The topological polar surface area (TPSA) is 48.5 Å². The van der Waals surface area contributed by atoms with Crippen LogP contribution in [0.15, 0.2) is 29.6 Å². The van der Waals surface area contributed by atoms with E-state index < -0.39 is 0 Å². The van der Waals surface area contributed by atoms with Gasteiger partial charge < -0.3 is 10.2 Å². The van der Waals surface area contributed by atoms with Gasteiger partial charge in [0.05, 0.1) is 15.1 Å². The highest BCUT2D eigenvalue weighted by atomic mass is 35.5. The molecule has 1 aromatic carbocycles. The average Bonchev–Trinajstić information content (AvgIpc) is 3.35. The Kier molecular flexibility index (Phi) is 5.63. The first-order valence-corrected chi connectivity index (χ1v) is 11.0. The van der Waals surface area contributed by atoms with Crippen molar-refractivity contribution in [2.75, 3.05) is 44.2 Å². The largest absolute Gasteiger partial charge is 0.350 e. The van der Waals surface area contributed by atoms with E-state index >= 15 is 0 Å². The molecule has 1 aliphatic heterocycles. The van der Waals surface area contributed by atoms with Gasteiger partial charge in [-0.1, -0.05) is 29.0 Å². The summed E-state index contributed by atoms with van der Waals surface area (Å²) in [4.78, 5) is 22.3. The summed E-state index contributed by atoms with van der Waals surface area (Å²) in [6.07, 6.45) is 0. The average molecular weight is 421 g/mol. The first kappa shape index (κ1) is 18.7. The summed E-state index contributed by atoms with van der Waals surface area (Å²) in [7, 11) is 0. The molecular weight excluding hydrogens is 400 g/mol. The van der Waals surface area contributed by atoms with Crippen molar-refractivity contribution >= 4 is 55.5 Å². The lowest BCUT2D eigenvalue weighted by molar-refractivity contribution is 0.0952. The van der Waals surface area contributed by atoms with Crippen molar-refractivity contribution in [1.29, 1.82) is 0 Å². The van der Waals surface area contributed by atoms with Crippen LogP contribution in [0.1, 0.15) is 15.2 Å². The number of aryl methyl sites for hydroxylation is 1. The molecule has 0 radical (unpaired) electrons. The number of anilines is 1. The zero-order chi connectivity index (χ0) is 18.8. The molecule has 8 heteroatoms. The molecule has 1 saturated heterocycles. The fourth-order valence-corrected chi connectivity index (χ4v) is 5.08. The standard InChI is InChI=1S/C19H21ClN4OS2/c1-13-14(20)4-5-15-17(13)22-19(27-15)24-10-8-23(9-11-24)7-6-21-18(25)16-3-2-12-26-16/h2-5,12H,6-11H2,1H3,(H,21,25). The van der Waals surface area contributed by atoms with Gasteiger partial charge in [-0.3, -0.25) is 9.69 Å². The number of thiophene rings is 1. The van der Waals surface area contributed by atoms with Crippen molar-refractivity contribution in [3.63, 3.8) is 0 Å². The normalized spacial score (nSPS) is 15.4. The minimum absolute atomic E-state index is 0.0205. The number of halogens is 1. The maximum Gasteiger partial charge on any atom is 0.261 e. The Balaban J connectivity index is 1.29. The molecule has 2 aromatic heterocycles. The number of hydrogen-bond donors (Lipinski definition) is 1. The summed E-state index contributed by atoms with van der Waals surface area (Å²) in [5, 5.41) is 6.76. The van der Waals surface area contributed by atoms with Gasteiger partial charge in [0.1, 0.15) is 0 Å². The van der Waals surface area contributed by atoms with E-state index in [4.69, 9.17) is 16.6 Å². The Bertz CT molecular complexity index is 933. The SMILES string of the molecule is Cc1c(Cl)ccc2sc(N3CCN(CCNC(=O)c4cccs4)CC3)nc12. The molecule has 0 unspecified atom stereocenters. The number of piperazine rings is 1. The third-order valence-corrected chi connectivity index (χ3v) is 7.20. The molecular formula is C19H21ClN4OS2. The molecule has 4 rings (SSSR count). The minimum Gasteiger partial charge on any atom is -0.350 e. The number of hydrogen-bond acceptors (Lipinski definition) is 6. The van der Waals surface area contributed by atoms with E-state index in [0.717, 1.165) is 58.8 Å². The zero-order valence-electron chi connectivity index (χ0n) is 15.1. The van der Waals surface area contributed by atoms with Gasteiger partial charge in [-0.25, -0.2) is 4.98 Å². The number of rotatable bonds is 5. The highest BCUT2D eigenvalue weighted by Crippen LogP contribution is 2.33. The second-order valence-corrected chi connectivity index (χ2v) is 8.94. The summed E-state index contributed by atoms with van der Waals surface area (Å²) < 4.78 is 1.19. The summed E-state index contributed by atoms with van der Waals surface area (Å²) in [6, 6.07) is 7.75. The number of amides is 1. The van der Waals surface area contributed by atoms with Crippen LogP contribution in [0, 0.1) is 6.92 Å². The summed E-state index contributed by atoms with van der Waals surface area (Å²) in [5.74, 6) is 0.0205. The van der Waals surface area contributed by atoms with E-state index in [1.54, 1.807) is 11.3 Å². The molecule has 1 N–H and O–H groups in total. The number of nitrogens with zero attached hydrogens (tertiary/aromatic N) is 3. The van der Waals surface area contributed by atoms with Gasteiger partial charge in [-0.05, 0) is 36.1 Å². The van der Waals surface area contributed by atoms with E-state index in [-0.39, 0.29) is 5.91 Å². The van der Waals surface area contributed by atoms with Crippen molar-refractivity contribution in [3.05, 3.63) is 45.1 Å². The van der Waals surface area contributed by atoms with Crippen LogP contribution in [-0.2, 0) is 0 Å². The summed E-state index contributed by atoms with van der Waals surface area (Å²) >= 11 is 9.42. The first-order chi connectivity index (χ1) is 13.1. The lowest BCUT2D eigenvalue weighted by atomic mass is 10.2. The van der Waals surface area contributed by atoms with Gasteiger partial charge in [-0.15, -0.1) is 11.3 Å². The predicted octanol–water partition coefficient (Wildman–Crippen LogP) is 3.87. The van der Waals surface area contributed by atoms with Gasteiger partial charge >= 0.3 is 0 Å². The Labute approximate surface area is 171 Å². The fraction of sp³-hybridized carbons (Fsp3) is 0.368. The predicted molar refractivity (Wildman–Crippen MR) is 115 cm³/mol. The van der Waals surface area contributed by atoms with Crippen LogP contribution in [0.3, 0.4) is 0 Å². The third-order valence-electron chi connectivity index (χ3n) is 4.84. The number of carbonyl (C=O) groups excluding carboxylic acids is 1. The second kappa shape index (κ2) is 8.14. The molecule has 3 heterocycles. The molecule has 142 valence electrons. The monoisotopic (exact) mass is 420 g/mol. The van der Waals surface area contributed by atoms with Gasteiger partial charge in [0.2, 0.25) is 0 Å². The molecule has 0 atom stereocenters. The van der Waals surface area contributed by atoms with Crippen LogP contribution in [0.5, 0.6) is 0 Å². The van der Waals surface area contributed by atoms with Gasteiger partial charge in [0.25, 0.3) is 5.91 Å².